The first-order chi connectivity index (χ1) is 11.5. The minimum absolute atomic E-state index is 0. The average Bonchev–Trinajstić information content (AvgIpc) is 3.04. The van der Waals surface area contributed by atoms with E-state index in [-0.39, 0.29) is 36.8 Å². The number of benzene rings is 1. The number of hydrogen-bond acceptors (Lipinski definition) is 4. The Bertz CT molecular complexity index is 727. The molecule has 1 fully saturated rings. The predicted molar refractivity (Wildman–Crippen MR) is 110 cm³/mol. The molecule has 0 radical (unpaired) electrons. The highest BCUT2D eigenvalue weighted by atomic mass is 35.5. The number of amides is 1. The molecular formula is C18H23Cl3N4O. The number of nitrogens with zero attached hydrogens (tertiary/aromatic N) is 2. The van der Waals surface area contributed by atoms with Crippen molar-refractivity contribution in [2.45, 2.75) is 24.9 Å². The van der Waals surface area contributed by atoms with Crippen LogP contribution in [0.25, 0.3) is 0 Å². The summed E-state index contributed by atoms with van der Waals surface area (Å²) in [6.45, 7) is 3.21. The maximum absolute atomic E-state index is 12.6. The summed E-state index contributed by atoms with van der Waals surface area (Å²) in [5.74, 6) is 0.585. The van der Waals surface area contributed by atoms with Gasteiger partial charge in [0.1, 0.15) is 11.4 Å². The molecule has 0 spiro atoms. The number of halogens is 3. The van der Waals surface area contributed by atoms with Gasteiger partial charge in [0.25, 0.3) is 0 Å². The van der Waals surface area contributed by atoms with E-state index in [4.69, 9.17) is 17.3 Å². The molecule has 2 atom stereocenters. The van der Waals surface area contributed by atoms with Gasteiger partial charge in [-0.3, -0.25) is 4.79 Å². The van der Waals surface area contributed by atoms with E-state index in [9.17, 15) is 4.79 Å². The Balaban J connectivity index is 0.00000169. The zero-order chi connectivity index (χ0) is 17.2. The highest BCUT2D eigenvalue weighted by Gasteiger charge is 2.34. The monoisotopic (exact) mass is 416 g/mol. The van der Waals surface area contributed by atoms with E-state index in [0.29, 0.717) is 11.6 Å². The van der Waals surface area contributed by atoms with Gasteiger partial charge in [-0.1, -0.05) is 41.9 Å². The van der Waals surface area contributed by atoms with Crippen LogP contribution in [0, 0.1) is 0 Å². The van der Waals surface area contributed by atoms with Crippen LogP contribution in [-0.4, -0.2) is 30.0 Å². The lowest BCUT2D eigenvalue weighted by atomic mass is 9.92. The molecule has 0 bridgehead atoms. The second-order valence-corrected chi connectivity index (χ2v) is 6.69. The maximum atomic E-state index is 12.6. The summed E-state index contributed by atoms with van der Waals surface area (Å²) in [5.41, 5.74) is 6.01. The molecule has 2 unspecified atom stereocenters. The highest BCUT2D eigenvalue weighted by Crippen LogP contribution is 2.26. The second kappa shape index (κ2) is 9.42. The molecule has 1 amide bonds. The molecule has 5 nitrogen and oxygen atoms in total. The van der Waals surface area contributed by atoms with Crippen LogP contribution in [0.2, 0.25) is 5.02 Å². The first-order valence-corrected chi connectivity index (χ1v) is 8.37. The Morgan fingerprint density at radius 2 is 1.96 bits per heavy atom. The molecule has 3 N–H and O–H groups in total. The van der Waals surface area contributed by atoms with Gasteiger partial charge in [-0.25, -0.2) is 4.98 Å². The fourth-order valence-corrected chi connectivity index (χ4v) is 3.17. The van der Waals surface area contributed by atoms with Gasteiger partial charge in [-0.15, -0.1) is 24.8 Å². The summed E-state index contributed by atoms with van der Waals surface area (Å²) >= 11 is 6.20. The predicted octanol–water partition coefficient (Wildman–Crippen LogP) is 3.15. The fourth-order valence-electron chi connectivity index (χ4n) is 2.93. The summed E-state index contributed by atoms with van der Waals surface area (Å²) in [5, 5.41) is 3.68. The number of rotatable bonds is 4. The van der Waals surface area contributed by atoms with Crippen molar-refractivity contribution in [2.24, 2.45) is 5.73 Å². The molecule has 0 saturated carbocycles. The lowest BCUT2D eigenvalue weighted by molar-refractivity contribution is -0.126. The van der Waals surface area contributed by atoms with Crippen molar-refractivity contribution >= 4 is 48.1 Å². The first-order valence-electron chi connectivity index (χ1n) is 7.99. The third kappa shape index (κ3) is 4.80. The van der Waals surface area contributed by atoms with E-state index < -0.39 is 5.54 Å². The van der Waals surface area contributed by atoms with Gasteiger partial charge in [0.15, 0.2) is 0 Å². The van der Waals surface area contributed by atoms with Gasteiger partial charge < -0.3 is 16.0 Å². The third-order valence-corrected chi connectivity index (χ3v) is 4.70. The standard InChI is InChI=1S/C18H21ClN4O.2ClH/c1-18(20,13-6-3-2-4-7-13)17(24)22-14-9-11-23(12-14)16-15(19)8-5-10-21-16;;/h2-8,10,14H,9,11-12,20H2,1H3,(H,22,24);2*1H. The van der Waals surface area contributed by atoms with E-state index in [2.05, 4.69) is 15.2 Å². The molecule has 8 heteroatoms. The topological polar surface area (TPSA) is 71.2 Å². The van der Waals surface area contributed by atoms with Crippen LogP contribution in [0.3, 0.4) is 0 Å². The number of pyridine rings is 1. The number of aromatic nitrogens is 1. The number of hydrogen-bond donors (Lipinski definition) is 2. The number of anilines is 1. The SMILES string of the molecule is CC(N)(C(=O)NC1CCN(c2ncccc2Cl)C1)c1ccccc1.Cl.Cl. The Morgan fingerprint density at radius 3 is 2.62 bits per heavy atom. The molecule has 1 aliphatic heterocycles. The Labute approximate surface area is 171 Å². The van der Waals surface area contributed by atoms with Crippen molar-refractivity contribution in [1.82, 2.24) is 10.3 Å². The number of carbonyl (C=O) groups excluding carboxylic acids is 1. The molecule has 1 saturated heterocycles. The molecule has 142 valence electrons. The van der Waals surface area contributed by atoms with Crippen LogP contribution < -0.4 is 16.0 Å². The maximum Gasteiger partial charge on any atom is 0.244 e. The van der Waals surface area contributed by atoms with E-state index in [1.54, 1.807) is 19.2 Å². The van der Waals surface area contributed by atoms with Gasteiger partial charge >= 0.3 is 0 Å². The fraction of sp³-hybridized carbons (Fsp3) is 0.333. The van der Waals surface area contributed by atoms with Crippen LogP contribution in [0.15, 0.2) is 48.7 Å². The van der Waals surface area contributed by atoms with Crippen molar-refractivity contribution < 1.29 is 4.79 Å². The van der Waals surface area contributed by atoms with Gasteiger partial charge in [0, 0.05) is 25.3 Å². The van der Waals surface area contributed by atoms with Crippen LogP contribution >= 0.6 is 36.4 Å². The van der Waals surface area contributed by atoms with E-state index in [0.717, 1.165) is 24.3 Å². The molecule has 2 aromatic rings. The molecular weight excluding hydrogens is 395 g/mol. The van der Waals surface area contributed by atoms with Crippen molar-refractivity contribution in [1.29, 1.82) is 0 Å². The Morgan fingerprint density at radius 1 is 1.27 bits per heavy atom. The molecule has 0 aliphatic carbocycles. The zero-order valence-electron chi connectivity index (χ0n) is 14.4. The van der Waals surface area contributed by atoms with Gasteiger partial charge in [0.05, 0.1) is 5.02 Å². The molecule has 3 rings (SSSR count). The Kier molecular flexibility index (Phi) is 8.15. The third-order valence-electron chi connectivity index (χ3n) is 4.41. The highest BCUT2D eigenvalue weighted by molar-refractivity contribution is 6.32. The number of nitrogens with two attached hydrogens (primary N) is 1. The largest absolute Gasteiger partial charge is 0.353 e. The number of carbonyl (C=O) groups is 1. The average molecular weight is 418 g/mol. The van der Waals surface area contributed by atoms with E-state index >= 15 is 0 Å². The molecule has 1 aromatic heterocycles. The van der Waals surface area contributed by atoms with Crippen molar-refractivity contribution in [2.75, 3.05) is 18.0 Å². The first kappa shape index (κ1) is 22.5. The minimum Gasteiger partial charge on any atom is -0.353 e. The summed E-state index contributed by atoms with van der Waals surface area (Å²) in [7, 11) is 0. The molecule has 26 heavy (non-hydrogen) atoms. The number of nitrogens with one attached hydrogen (secondary N) is 1. The zero-order valence-corrected chi connectivity index (χ0v) is 16.8. The van der Waals surface area contributed by atoms with Gasteiger partial charge in [-0.05, 0) is 31.0 Å². The summed E-state index contributed by atoms with van der Waals surface area (Å²) in [6, 6.07) is 13.1. The van der Waals surface area contributed by atoms with Crippen molar-refractivity contribution in [3.63, 3.8) is 0 Å². The van der Waals surface area contributed by atoms with Crippen LogP contribution in [0.5, 0.6) is 0 Å². The van der Waals surface area contributed by atoms with E-state index in [1.807, 2.05) is 36.4 Å². The van der Waals surface area contributed by atoms with Crippen LogP contribution in [-0.2, 0) is 10.3 Å². The lowest BCUT2D eigenvalue weighted by Gasteiger charge is -2.26. The summed E-state index contributed by atoms with van der Waals surface area (Å²) < 4.78 is 0. The van der Waals surface area contributed by atoms with Crippen molar-refractivity contribution in [3.05, 3.63) is 59.2 Å². The normalized spacial score (nSPS) is 18.3. The summed E-state index contributed by atoms with van der Waals surface area (Å²) in [4.78, 5) is 19.0. The van der Waals surface area contributed by atoms with E-state index in [1.165, 1.54) is 0 Å². The Hall–Kier alpha value is -1.53. The molecule has 1 aromatic carbocycles. The van der Waals surface area contributed by atoms with Crippen LogP contribution in [0.4, 0.5) is 5.82 Å². The lowest BCUT2D eigenvalue weighted by Crippen LogP contribution is -2.52. The van der Waals surface area contributed by atoms with Crippen molar-refractivity contribution in [3.8, 4) is 0 Å². The molecule has 2 heterocycles. The van der Waals surface area contributed by atoms with Gasteiger partial charge in [0.2, 0.25) is 5.91 Å². The smallest absolute Gasteiger partial charge is 0.244 e. The quantitative estimate of drug-likeness (QED) is 0.801. The molecule has 1 aliphatic rings. The van der Waals surface area contributed by atoms with Gasteiger partial charge in [-0.2, -0.15) is 0 Å². The second-order valence-electron chi connectivity index (χ2n) is 6.28. The minimum atomic E-state index is -1.06. The van der Waals surface area contributed by atoms with Crippen LogP contribution in [0.1, 0.15) is 18.9 Å². The summed E-state index contributed by atoms with van der Waals surface area (Å²) in [6.07, 6.45) is 2.56.